The summed E-state index contributed by atoms with van der Waals surface area (Å²) in [6, 6.07) is 5.20. The zero-order valence-electron chi connectivity index (χ0n) is 6.95. The lowest BCUT2D eigenvalue weighted by molar-refractivity contribution is 0.322. The first kappa shape index (κ1) is 9.56. The van der Waals surface area contributed by atoms with Crippen LogP contribution in [0.25, 0.3) is 0 Å². The number of halogens is 1. The van der Waals surface area contributed by atoms with Gasteiger partial charge >= 0.3 is 0 Å². The number of nitriles is 1. The van der Waals surface area contributed by atoms with E-state index in [4.69, 9.17) is 22.1 Å². The molecule has 0 radical (unpaired) electrons. The predicted molar refractivity (Wildman–Crippen MR) is 50.3 cm³/mol. The lowest BCUT2D eigenvalue weighted by Gasteiger charge is -2.02. The van der Waals surface area contributed by atoms with Crippen LogP contribution in [-0.2, 0) is 0 Å². The zero-order valence-corrected chi connectivity index (χ0v) is 7.71. The van der Waals surface area contributed by atoms with E-state index in [0.29, 0.717) is 16.1 Å². The number of nitrogens with zero attached hydrogens (tertiary/aromatic N) is 2. The van der Waals surface area contributed by atoms with Crippen LogP contribution in [0.5, 0.6) is 0 Å². The van der Waals surface area contributed by atoms with E-state index in [0.717, 1.165) is 5.56 Å². The molecule has 0 spiro atoms. The SMILES string of the molecule is Cc1cc(C#N)cc(Cl)c1C=NO. The molecule has 13 heavy (non-hydrogen) atoms. The number of benzene rings is 1. The number of hydrogen-bond acceptors (Lipinski definition) is 3. The third kappa shape index (κ3) is 1.98. The maximum absolute atomic E-state index is 8.62. The fraction of sp³-hybridized carbons (Fsp3) is 0.111. The van der Waals surface area contributed by atoms with Crippen LogP contribution in [-0.4, -0.2) is 11.4 Å². The summed E-state index contributed by atoms with van der Waals surface area (Å²) in [5.74, 6) is 0. The van der Waals surface area contributed by atoms with E-state index in [1.165, 1.54) is 12.3 Å². The van der Waals surface area contributed by atoms with Gasteiger partial charge in [-0.2, -0.15) is 5.26 Å². The topological polar surface area (TPSA) is 56.4 Å². The Hall–Kier alpha value is -1.53. The molecule has 0 bridgehead atoms. The van der Waals surface area contributed by atoms with Crippen LogP contribution in [0.2, 0.25) is 5.02 Å². The predicted octanol–water partition coefficient (Wildman–Crippen LogP) is 2.33. The smallest absolute Gasteiger partial charge is 0.0992 e. The Kier molecular flexibility index (Phi) is 2.88. The van der Waals surface area contributed by atoms with Crippen LogP contribution in [0.15, 0.2) is 17.3 Å². The third-order valence-corrected chi connectivity index (χ3v) is 1.97. The van der Waals surface area contributed by atoms with E-state index in [1.54, 1.807) is 13.0 Å². The first-order chi connectivity index (χ1) is 6.19. The van der Waals surface area contributed by atoms with E-state index >= 15 is 0 Å². The molecule has 0 aromatic heterocycles. The Balaban J connectivity index is 3.33. The Morgan fingerprint density at radius 2 is 2.31 bits per heavy atom. The van der Waals surface area contributed by atoms with E-state index in [2.05, 4.69) is 5.16 Å². The van der Waals surface area contributed by atoms with Gasteiger partial charge in [-0.25, -0.2) is 0 Å². The molecule has 0 aliphatic carbocycles. The van der Waals surface area contributed by atoms with E-state index in [9.17, 15) is 0 Å². The molecule has 0 amide bonds. The first-order valence-electron chi connectivity index (χ1n) is 3.56. The highest BCUT2D eigenvalue weighted by Gasteiger charge is 2.04. The van der Waals surface area contributed by atoms with Gasteiger partial charge in [0.05, 0.1) is 22.9 Å². The maximum Gasteiger partial charge on any atom is 0.0992 e. The summed E-state index contributed by atoms with van der Waals surface area (Å²) in [6.45, 7) is 1.80. The lowest BCUT2D eigenvalue weighted by atomic mass is 10.1. The summed E-state index contributed by atoms with van der Waals surface area (Å²) in [6.07, 6.45) is 1.25. The largest absolute Gasteiger partial charge is 0.411 e. The van der Waals surface area contributed by atoms with Gasteiger partial charge in [0.2, 0.25) is 0 Å². The van der Waals surface area contributed by atoms with Crippen molar-refractivity contribution in [3.05, 3.63) is 33.8 Å². The highest BCUT2D eigenvalue weighted by atomic mass is 35.5. The number of aryl methyl sites for hydroxylation is 1. The minimum Gasteiger partial charge on any atom is -0.411 e. The molecule has 0 unspecified atom stereocenters. The monoisotopic (exact) mass is 194 g/mol. The van der Waals surface area contributed by atoms with Crippen molar-refractivity contribution in [2.45, 2.75) is 6.92 Å². The fourth-order valence-corrected chi connectivity index (χ4v) is 1.36. The number of oxime groups is 1. The highest BCUT2D eigenvalue weighted by molar-refractivity contribution is 6.33. The Morgan fingerprint density at radius 3 is 2.77 bits per heavy atom. The van der Waals surface area contributed by atoms with E-state index in [-0.39, 0.29) is 0 Å². The molecular formula is C9H7ClN2O. The maximum atomic E-state index is 8.62. The molecular weight excluding hydrogens is 188 g/mol. The van der Waals surface area contributed by atoms with Gasteiger partial charge in [-0.15, -0.1) is 0 Å². The molecule has 1 aromatic rings. The van der Waals surface area contributed by atoms with Gasteiger partial charge in [-0.3, -0.25) is 0 Å². The lowest BCUT2D eigenvalue weighted by Crippen LogP contribution is -1.90. The Labute approximate surface area is 80.9 Å². The zero-order chi connectivity index (χ0) is 9.84. The van der Waals surface area contributed by atoms with Crippen molar-refractivity contribution in [3.63, 3.8) is 0 Å². The summed E-state index contributed by atoms with van der Waals surface area (Å²) < 4.78 is 0. The molecule has 66 valence electrons. The van der Waals surface area contributed by atoms with Gasteiger partial charge in [0.1, 0.15) is 0 Å². The molecule has 1 N–H and O–H groups in total. The summed E-state index contributed by atoms with van der Waals surface area (Å²) in [4.78, 5) is 0. The normalized spacial score (nSPS) is 10.2. The molecule has 0 heterocycles. The van der Waals surface area contributed by atoms with Crippen molar-refractivity contribution in [2.75, 3.05) is 0 Å². The van der Waals surface area contributed by atoms with Crippen LogP contribution in [0.4, 0.5) is 0 Å². The summed E-state index contributed by atoms with van der Waals surface area (Å²) in [5.41, 5.74) is 1.93. The fourth-order valence-electron chi connectivity index (χ4n) is 1.04. The van der Waals surface area contributed by atoms with Gasteiger partial charge in [-0.1, -0.05) is 16.8 Å². The minimum atomic E-state index is 0.411. The average Bonchev–Trinajstić information content (AvgIpc) is 2.11. The Morgan fingerprint density at radius 1 is 1.62 bits per heavy atom. The van der Waals surface area contributed by atoms with E-state index < -0.39 is 0 Å². The van der Waals surface area contributed by atoms with Crippen molar-refractivity contribution in [1.29, 1.82) is 5.26 Å². The minimum absolute atomic E-state index is 0.411. The van der Waals surface area contributed by atoms with Crippen molar-refractivity contribution in [2.24, 2.45) is 5.16 Å². The second kappa shape index (κ2) is 3.92. The quantitative estimate of drug-likeness (QED) is 0.424. The van der Waals surface area contributed by atoms with Crippen LogP contribution in [0, 0.1) is 18.3 Å². The van der Waals surface area contributed by atoms with E-state index in [1.807, 2.05) is 6.07 Å². The molecule has 1 rings (SSSR count). The summed E-state index contributed by atoms with van der Waals surface area (Å²) >= 11 is 5.84. The molecule has 0 aliphatic rings. The van der Waals surface area contributed by atoms with Crippen LogP contribution >= 0.6 is 11.6 Å². The molecule has 0 saturated heterocycles. The van der Waals surface area contributed by atoms with Crippen LogP contribution < -0.4 is 0 Å². The summed E-state index contributed by atoms with van der Waals surface area (Å²) in [5, 5.41) is 20.3. The molecule has 0 aliphatic heterocycles. The Bertz CT molecular complexity index is 370. The van der Waals surface area contributed by atoms with Gasteiger partial charge in [0, 0.05) is 5.56 Å². The van der Waals surface area contributed by atoms with Crippen molar-refractivity contribution < 1.29 is 5.21 Å². The molecule has 0 fully saturated rings. The van der Waals surface area contributed by atoms with Gasteiger partial charge in [0.25, 0.3) is 0 Å². The molecule has 0 saturated carbocycles. The standard InChI is InChI=1S/C9H7ClN2O/c1-6-2-7(4-11)3-9(10)8(6)5-12-13/h2-3,5,13H,1H3. The highest BCUT2D eigenvalue weighted by Crippen LogP contribution is 2.20. The molecule has 1 aromatic carbocycles. The first-order valence-corrected chi connectivity index (χ1v) is 3.94. The third-order valence-electron chi connectivity index (χ3n) is 1.65. The molecule has 3 nitrogen and oxygen atoms in total. The van der Waals surface area contributed by atoms with Crippen molar-refractivity contribution in [1.82, 2.24) is 0 Å². The van der Waals surface area contributed by atoms with Crippen molar-refractivity contribution in [3.8, 4) is 6.07 Å². The van der Waals surface area contributed by atoms with Gasteiger partial charge in [-0.05, 0) is 24.6 Å². The average molecular weight is 195 g/mol. The second-order valence-corrected chi connectivity index (χ2v) is 2.95. The molecule has 4 heteroatoms. The van der Waals surface area contributed by atoms with Crippen LogP contribution in [0.3, 0.4) is 0 Å². The van der Waals surface area contributed by atoms with Gasteiger partial charge < -0.3 is 5.21 Å². The number of hydrogen-bond donors (Lipinski definition) is 1. The second-order valence-electron chi connectivity index (χ2n) is 2.55. The van der Waals surface area contributed by atoms with Crippen LogP contribution in [0.1, 0.15) is 16.7 Å². The molecule has 0 atom stereocenters. The van der Waals surface area contributed by atoms with Crippen molar-refractivity contribution >= 4 is 17.8 Å². The number of rotatable bonds is 1. The summed E-state index contributed by atoms with van der Waals surface area (Å²) in [7, 11) is 0. The van der Waals surface area contributed by atoms with Gasteiger partial charge in [0.15, 0.2) is 0 Å².